The van der Waals surface area contributed by atoms with Gasteiger partial charge in [0, 0.05) is 43.7 Å². The second-order valence-electron chi connectivity index (χ2n) is 7.02. The van der Waals surface area contributed by atoms with Gasteiger partial charge in [0.05, 0.1) is 11.3 Å². The van der Waals surface area contributed by atoms with Crippen molar-refractivity contribution in [1.29, 1.82) is 0 Å². The lowest BCUT2D eigenvalue weighted by atomic mass is 9.94. The molecule has 24 heavy (non-hydrogen) atoms. The second kappa shape index (κ2) is 6.98. The topological polar surface area (TPSA) is 83.8 Å². The molecule has 0 aromatic heterocycles. The number of carbonyl (C=O) groups is 2. The van der Waals surface area contributed by atoms with E-state index in [1.165, 1.54) is 12.1 Å². The van der Waals surface area contributed by atoms with Gasteiger partial charge in [0.1, 0.15) is 0 Å². The number of benzene rings is 1. The lowest BCUT2D eigenvalue weighted by Gasteiger charge is -2.37. The van der Waals surface area contributed by atoms with Crippen molar-refractivity contribution in [2.24, 2.45) is 5.41 Å². The predicted octanol–water partition coefficient (Wildman–Crippen LogP) is 1.85. The van der Waals surface area contributed by atoms with E-state index in [1.807, 2.05) is 20.8 Å². The Balaban J connectivity index is 1.89. The summed E-state index contributed by atoms with van der Waals surface area (Å²) < 4.78 is 0. The largest absolute Gasteiger partial charge is 0.339 e. The highest BCUT2D eigenvalue weighted by molar-refractivity contribution is 5.82. The van der Waals surface area contributed by atoms with E-state index in [0.717, 1.165) is 5.56 Å². The van der Waals surface area contributed by atoms with Crippen LogP contribution in [0.5, 0.6) is 0 Å². The highest BCUT2D eigenvalue weighted by atomic mass is 16.6. The van der Waals surface area contributed by atoms with E-state index in [0.29, 0.717) is 26.2 Å². The van der Waals surface area contributed by atoms with Gasteiger partial charge in [-0.15, -0.1) is 0 Å². The van der Waals surface area contributed by atoms with Crippen LogP contribution >= 0.6 is 0 Å². The molecule has 7 heteroatoms. The Morgan fingerprint density at radius 1 is 1.04 bits per heavy atom. The average molecular weight is 333 g/mol. The summed E-state index contributed by atoms with van der Waals surface area (Å²) in [6.07, 6.45) is 0.214. The fourth-order valence-electron chi connectivity index (χ4n) is 2.66. The van der Waals surface area contributed by atoms with Gasteiger partial charge < -0.3 is 9.80 Å². The monoisotopic (exact) mass is 333 g/mol. The molecular weight excluding hydrogens is 310 g/mol. The molecule has 1 aromatic carbocycles. The molecule has 0 atom stereocenters. The van der Waals surface area contributed by atoms with Gasteiger partial charge in [-0.05, 0) is 5.56 Å². The smallest absolute Gasteiger partial charge is 0.269 e. The van der Waals surface area contributed by atoms with Gasteiger partial charge in [0.25, 0.3) is 5.69 Å². The van der Waals surface area contributed by atoms with Crippen molar-refractivity contribution in [2.75, 3.05) is 26.2 Å². The first kappa shape index (κ1) is 17.9. The molecule has 1 fully saturated rings. The number of non-ortho nitro benzene ring substituents is 1. The zero-order chi connectivity index (χ0) is 17.9. The molecule has 130 valence electrons. The molecule has 1 aromatic rings. The van der Waals surface area contributed by atoms with Crippen LogP contribution in [0.1, 0.15) is 26.3 Å². The Morgan fingerprint density at radius 3 is 2.00 bits per heavy atom. The third kappa shape index (κ3) is 4.31. The predicted molar refractivity (Wildman–Crippen MR) is 89.4 cm³/mol. The number of nitrogens with zero attached hydrogens (tertiary/aromatic N) is 3. The molecule has 2 amide bonds. The maximum absolute atomic E-state index is 12.3. The molecular formula is C17H23N3O4. The lowest BCUT2D eigenvalue weighted by molar-refractivity contribution is -0.384. The van der Waals surface area contributed by atoms with Gasteiger partial charge in [-0.3, -0.25) is 19.7 Å². The summed E-state index contributed by atoms with van der Waals surface area (Å²) in [6.45, 7) is 7.80. The maximum Gasteiger partial charge on any atom is 0.269 e. The van der Waals surface area contributed by atoms with Crippen LogP contribution in [-0.4, -0.2) is 52.7 Å². The summed E-state index contributed by atoms with van der Waals surface area (Å²) >= 11 is 0. The number of nitro groups is 1. The van der Waals surface area contributed by atoms with Crippen LogP contribution in [-0.2, 0) is 16.0 Å². The summed E-state index contributed by atoms with van der Waals surface area (Å²) in [6, 6.07) is 6.02. The minimum atomic E-state index is -0.461. The summed E-state index contributed by atoms with van der Waals surface area (Å²) in [4.78, 5) is 38.3. The van der Waals surface area contributed by atoms with Crippen LogP contribution in [0.4, 0.5) is 5.69 Å². The number of amides is 2. The molecule has 0 bridgehead atoms. The van der Waals surface area contributed by atoms with Crippen molar-refractivity contribution in [3.63, 3.8) is 0 Å². The second-order valence-corrected chi connectivity index (χ2v) is 7.02. The van der Waals surface area contributed by atoms with Crippen LogP contribution < -0.4 is 0 Å². The molecule has 0 aliphatic carbocycles. The minimum absolute atomic E-state index is 0.0144. The first-order valence-corrected chi connectivity index (χ1v) is 7.99. The molecule has 0 N–H and O–H groups in total. The van der Waals surface area contributed by atoms with Crippen molar-refractivity contribution in [3.05, 3.63) is 39.9 Å². The van der Waals surface area contributed by atoms with Gasteiger partial charge in [-0.1, -0.05) is 32.9 Å². The van der Waals surface area contributed by atoms with E-state index in [4.69, 9.17) is 0 Å². The van der Waals surface area contributed by atoms with Crippen LogP contribution in [0.25, 0.3) is 0 Å². The number of rotatable bonds is 3. The van der Waals surface area contributed by atoms with Gasteiger partial charge >= 0.3 is 0 Å². The SMILES string of the molecule is CC(C)(C)C(=O)N1CCN(C(=O)Cc2ccc([N+](=O)[O-])cc2)CC1. The maximum atomic E-state index is 12.3. The summed E-state index contributed by atoms with van der Waals surface area (Å²) in [5, 5.41) is 10.6. The number of carbonyl (C=O) groups excluding carboxylic acids is 2. The quantitative estimate of drug-likeness (QED) is 0.624. The van der Waals surface area contributed by atoms with Crippen molar-refractivity contribution >= 4 is 17.5 Å². The zero-order valence-electron chi connectivity index (χ0n) is 14.3. The standard InChI is InChI=1S/C17H23N3O4/c1-17(2,3)16(22)19-10-8-18(9-11-19)15(21)12-13-4-6-14(7-5-13)20(23)24/h4-7H,8-12H2,1-3H3. The minimum Gasteiger partial charge on any atom is -0.339 e. The summed E-state index contributed by atoms with van der Waals surface area (Å²) in [5.74, 6) is 0.0803. The van der Waals surface area contributed by atoms with Crippen molar-refractivity contribution in [1.82, 2.24) is 9.80 Å². The lowest BCUT2D eigenvalue weighted by Crippen LogP contribution is -2.53. The Labute approximate surface area is 141 Å². The average Bonchev–Trinajstić information content (AvgIpc) is 2.54. The third-order valence-corrected chi connectivity index (χ3v) is 4.06. The highest BCUT2D eigenvalue weighted by Gasteiger charge is 2.30. The van der Waals surface area contributed by atoms with E-state index in [-0.39, 0.29) is 23.9 Å². The summed E-state index contributed by atoms with van der Waals surface area (Å²) in [5.41, 5.74) is 0.351. The van der Waals surface area contributed by atoms with E-state index in [1.54, 1.807) is 21.9 Å². The zero-order valence-corrected chi connectivity index (χ0v) is 14.3. The Bertz CT molecular complexity index is 626. The van der Waals surface area contributed by atoms with Crippen molar-refractivity contribution in [3.8, 4) is 0 Å². The number of piperazine rings is 1. The molecule has 1 heterocycles. The van der Waals surface area contributed by atoms with Gasteiger partial charge in [-0.2, -0.15) is 0 Å². The third-order valence-electron chi connectivity index (χ3n) is 4.06. The van der Waals surface area contributed by atoms with Crippen LogP contribution in [0, 0.1) is 15.5 Å². The normalized spacial score (nSPS) is 15.3. The number of hydrogen-bond donors (Lipinski definition) is 0. The molecule has 0 radical (unpaired) electrons. The first-order chi connectivity index (χ1) is 11.2. The van der Waals surface area contributed by atoms with Crippen molar-refractivity contribution in [2.45, 2.75) is 27.2 Å². The van der Waals surface area contributed by atoms with E-state index < -0.39 is 10.3 Å². The first-order valence-electron chi connectivity index (χ1n) is 7.99. The Hall–Kier alpha value is -2.44. The molecule has 1 aliphatic rings. The molecule has 0 saturated carbocycles. The molecule has 1 aliphatic heterocycles. The van der Waals surface area contributed by atoms with Gasteiger partial charge in [0.15, 0.2) is 0 Å². The molecule has 1 saturated heterocycles. The van der Waals surface area contributed by atoms with Crippen LogP contribution in [0.15, 0.2) is 24.3 Å². The van der Waals surface area contributed by atoms with Gasteiger partial charge in [0.2, 0.25) is 11.8 Å². The summed E-state index contributed by atoms with van der Waals surface area (Å²) in [7, 11) is 0. The fourth-order valence-corrected chi connectivity index (χ4v) is 2.66. The Kier molecular flexibility index (Phi) is 5.21. The van der Waals surface area contributed by atoms with E-state index in [9.17, 15) is 19.7 Å². The molecule has 0 spiro atoms. The van der Waals surface area contributed by atoms with Gasteiger partial charge in [-0.25, -0.2) is 0 Å². The Morgan fingerprint density at radius 2 is 1.54 bits per heavy atom. The fraction of sp³-hybridized carbons (Fsp3) is 0.529. The molecule has 0 unspecified atom stereocenters. The molecule has 2 rings (SSSR count). The number of nitro benzene ring substituents is 1. The molecule has 7 nitrogen and oxygen atoms in total. The van der Waals surface area contributed by atoms with E-state index in [2.05, 4.69) is 0 Å². The number of hydrogen-bond acceptors (Lipinski definition) is 4. The van der Waals surface area contributed by atoms with Crippen LogP contribution in [0.3, 0.4) is 0 Å². The highest BCUT2D eigenvalue weighted by Crippen LogP contribution is 2.19. The van der Waals surface area contributed by atoms with Crippen molar-refractivity contribution < 1.29 is 14.5 Å². The van der Waals surface area contributed by atoms with E-state index >= 15 is 0 Å². The van der Waals surface area contributed by atoms with Crippen LogP contribution in [0.2, 0.25) is 0 Å².